The molecule has 0 aliphatic rings. The Bertz CT molecular complexity index is 601. The Morgan fingerprint density at radius 3 is 2.62 bits per heavy atom. The van der Waals surface area contributed by atoms with Crippen LogP contribution in [0.5, 0.6) is 0 Å². The predicted molar refractivity (Wildman–Crippen MR) is 66.4 cm³/mol. The summed E-state index contributed by atoms with van der Waals surface area (Å²) in [6.45, 7) is 0. The maximum atomic E-state index is 10.8. The number of carboxylic acids is 1. The fourth-order valence-corrected chi connectivity index (χ4v) is 2.35. The summed E-state index contributed by atoms with van der Waals surface area (Å²) in [5.74, 6) is -1.13. The van der Waals surface area contributed by atoms with Gasteiger partial charge in [0.25, 0.3) is 0 Å². The molecule has 0 radical (unpaired) electrons. The summed E-state index contributed by atoms with van der Waals surface area (Å²) in [6, 6.07) is 4.64. The molecule has 0 spiro atoms. The third-order valence-corrected chi connectivity index (χ3v) is 3.28. The van der Waals surface area contributed by atoms with Crippen LogP contribution < -0.4 is 0 Å². The average molecular weight is 321 g/mol. The lowest BCUT2D eigenvalue weighted by molar-refractivity contribution is 0.0691. The number of fused-ring (bicyclic) bond motifs is 1. The zero-order chi connectivity index (χ0) is 11.9. The van der Waals surface area contributed by atoms with E-state index in [1.165, 1.54) is 6.07 Å². The number of rotatable bonds is 1. The maximum absolute atomic E-state index is 10.8. The Balaban J connectivity index is 2.92. The van der Waals surface area contributed by atoms with Gasteiger partial charge in [0.2, 0.25) is 0 Å². The van der Waals surface area contributed by atoms with Crippen molar-refractivity contribution in [2.24, 2.45) is 0 Å². The van der Waals surface area contributed by atoms with Crippen LogP contribution in [0.3, 0.4) is 0 Å². The van der Waals surface area contributed by atoms with Crippen molar-refractivity contribution in [2.75, 3.05) is 0 Å². The van der Waals surface area contributed by atoms with Crippen molar-refractivity contribution in [3.8, 4) is 0 Å². The molecule has 2 rings (SSSR count). The number of carbonyl (C=O) groups is 1. The van der Waals surface area contributed by atoms with Gasteiger partial charge in [-0.15, -0.1) is 0 Å². The molecule has 0 bridgehead atoms. The molecule has 0 unspecified atom stereocenters. The Labute approximate surface area is 109 Å². The molecule has 0 fully saturated rings. The van der Waals surface area contributed by atoms with Crippen molar-refractivity contribution in [1.82, 2.24) is 4.98 Å². The van der Waals surface area contributed by atoms with Crippen LogP contribution in [0.25, 0.3) is 10.9 Å². The quantitative estimate of drug-likeness (QED) is 0.864. The van der Waals surface area contributed by atoms with E-state index in [2.05, 4.69) is 20.9 Å². The minimum Gasteiger partial charge on any atom is -0.477 e. The molecule has 0 aliphatic carbocycles. The highest BCUT2D eigenvalue weighted by atomic mass is 79.9. The van der Waals surface area contributed by atoms with Crippen LogP contribution in [0.15, 0.2) is 22.7 Å². The average Bonchev–Trinajstić information content (AvgIpc) is 2.22. The molecule has 3 nitrogen and oxygen atoms in total. The number of hydrogen-bond donors (Lipinski definition) is 1. The van der Waals surface area contributed by atoms with E-state index in [-0.39, 0.29) is 10.7 Å². The summed E-state index contributed by atoms with van der Waals surface area (Å²) in [4.78, 5) is 14.8. The van der Waals surface area contributed by atoms with E-state index in [4.69, 9.17) is 28.3 Å². The second kappa shape index (κ2) is 4.20. The van der Waals surface area contributed by atoms with E-state index in [0.29, 0.717) is 20.4 Å². The number of pyridine rings is 1. The van der Waals surface area contributed by atoms with Crippen molar-refractivity contribution in [2.45, 2.75) is 0 Å². The van der Waals surface area contributed by atoms with Gasteiger partial charge in [0.05, 0.1) is 15.6 Å². The van der Waals surface area contributed by atoms with Gasteiger partial charge in [-0.3, -0.25) is 0 Å². The van der Waals surface area contributed by atoms with Crippen LogP contribution in [0.2, 0.25) is 10.0 Å². The molecule has 0 aliphatic heterocycles. The number of aromatic nitrogens is 1. The maximum Gasteiger partial charge on any atom is 0.354 e. The lowest BCUT2D eigenvalue weighted by atomic mass is 10.2. The summed E-state index contributed by atoms with van der Waals surface area (Å²) >= 11 is 15.2. The molecule has 0 atom stereocenters. The van der Waals surface area contributed by atoms with Crippen molar-refractivity contribution >= 4 is 56.0 Å². The number of halogens is 3. The molecular formula is C10H4BrCl2NO2. The zero-order valence-electron chi connectivity index (χ0n) is 7.67. The molecule has 0 saturated heterocycles. The van der Waals surface area contributed by atoms with Gasteiger partial charge in [0, 0.05) is 9.86 Å². The highest BCUT2D eigenvalue weighted by Gasteiger charge is 2.13. The van der Waals surface area contributed by atoms with E-state index in [0.717, 1.165) is 0 Å². The van der Waals surface area contributed by atoms with Crippen LogP contribution in [0.1, 0.15) is 10.5 Å². The van der Waals surface area contributed by atoms with Crippen LogP contribution in [0, 0.1) is 0 Å². The summed E-state index contributed by atoms with van der Waals surface area (Å²) in [7, 11) is 0. The van der Waals surface area contributed by atoms with Crippen LogP contribution in [-0.2, 0) is 0 Å². The molecule has 1 heterocycles. The van der Waals surface area contributed by atoms with Crippen LogP contribution in [-0.4, -0.2) is 16.1 Å². The largest absolute Gasteiger partial charge is 0.477 e. The molecule has 6 heteroatoms. The monoisotopic (exact) mass is 319 g/mol. The first-order valence-electron chi connectivity index (χ1n) is 4.18. The first kappa shape index (κ1) is 11.6. The molecular weight excluding hydrogens is 317 g/mol. The van der Waals surface area contributed by atoms with Crippen molar-refractivity contribution in [3.05, 3.63) is 38.4 Å². The van der Waals surface area contributed by atoms with Gasteiger partial charge in [-0.1, -0.05) is 23.2 Å². The number of benzene rings is 1. The van der Waals surface area contributed by atoms with Gasteiger partial charge >= 0.3 is 5.97 Å². The lowest BCUT2D eigenvalue weighted by Crippen LogP contribution is -2.00. The van der Waals surface area contributed by atoms with Gasteiger partial charge < -0.3 is 5.11 Å². The normalized spacial score (nSPS) is 10.7. The number of carboxylic acid groups (broad SMARTS) is 1. The molecule has 1 aromatic carbocycles. The molecule has 0 saturated carbocycles. The molecule has 0 amide bonds. The van der Waals surface area contributed by atoms with E-state index in [9.17, 15) is 4.79 Å². The second-order valence-electron chi connectivity index (χ2n) is 3.05. The SMILES string of the molecule is O=C(O)c1cc(Cl)c2c(Cl)ccc(Br)c2n1. The molecule has 16 heavy (non-hydrogen) atoms. The summed E-state index contributed by atoms with van der Waals surface area (Å²) in [5.41, 5.74) is 0.331. The predicted octanol–water partition coefficient (Wildman–Crippen LogP) is 4.00. The minimum atomic E-state index is -1.13. The van der Waals surface area contributed by atoms with Gasteiger partial charge in [-0.2, -0.15) is 0 Å². The minimum absolute atomic E-state index is 0.111. The number of hydrogen-bond acceptors (Lipinski definition) is 2. The van der Waals surface area contributed by atoms with Gasteiger partial charge in [0.1, 0.15) is 5.69 Å². The highest BCUT2D eigenvalue weighted by molar-refractivity contribution is 9.10. The summed E-state index contributed by atoms with van der Waals surface area (Å²) in [6.07, 6.45) is 0. The van der Waals surface area contributed by atoms with E-state index < -0.39 is 5.97 Å². The summed E-state index contributed by atoms with van der Waals surface area (Å²) in [5, 5.41) is 10.1. The Kier molecular flexibility index (Phi) is 3.06. The van der Waals surface area contributed by atoms with E-state index >= 15 is 0 Å². The fraction of sp³-hybridized carbons (Fsp3) is 0. The number of nitrogens with zero attached hydrogens (tertiary/aromatic N) is 1. The topological polar surface area (TPSA) is 50.2 Å². The van der Waals surface area contributed by atoms with Gasteiger partial charge in [0.15, 0.2) is 0 Å². The zero-order valence-corrected chi connectivity index (χ0v) is 10.8. The third-order valence-electron chi connectivity index (χ3n) is 2.03. The Morgan fingerprint density at radius 1 is 1.31 bits per heavy atom. The molecule has 1 N–H and O–H groups in total. The van der Waals surface area contributed by atoms with Gasteiger partial charge in [-0.05, 0) is 34.1 Å². The standard InChI is InChI=1S/C10H4BrCl2NO2/c11-4-1-2-5(12)8-6(13)3-7(10(15)16)14-9(4)8/h1-3H,(H,15,16). The van der Waals surface area contributed by atoms with Gasteiger partial charge in [-0.25, -0.2) is 9.78 Å². The third kappa shape index (κ3) is 1.88. The second-order valence-corrected chi connectivity index (χ2v) is 4.72. The first-order chi connectivity index (χ1) is 7.50. The Hall–Kier alpha value is -0.840. The first-order valence-corrected chi connectivity index (χ1v) is 5.73. The van der Waals surface area contributed by atoms with Crippen molar-refractivity contribution < 1.29 is 9.90 Å². The molecule has 82 valence electrons. The van der Waals surface area contributed by atoms with Crippen LogP contribution >= 0.6 is 39.1 Å². The molecule has 1 aromatic heterocycles. The van der Waals surface area contributed by atoms with Crippen LogP contribution in [0.4, 0.5) is 0 Å². The van der Waals surface area contributed by atoms with Crippen molar-refractivity contribution in [1.29, 1.82) is 0 Å². The smallest absolute Gasteiger partial charge is 0.354 e. The highest BCUT2D eigenvalue weighted by Crippen LogP contribution is 2.34. The lowest BCUT2D eigenvalue weighted by Gasteiger charge is -2.05. The number of aromatic carboxylic acids is 1. The van der Waals surface area contributed by atoms with E-state index in [1.54, 1.807) is 12.1 Å². The van der Waals surface area contributed by atoms with E-state index in [1.807, 2.05) is 0 Å². The van der Waals surface area contributed by atoms with Crippen molar-refractivity contribution in [3.63, 3.8) is 0 Å². The fourth-order valence-electron chi connectivity index (χ4n) is 1.33. The molecule has 2 aromatic rings. The Morgan fingerprint density at radius 2 is 2.00 bits per heavy atom. The summed E-state index contributed by atoms with van der Waals surface area (Å²) < 4.78 is 0.650.